The minimum Gasteiger partial charge on any atom is -0.392 e. The quantitative estimate of drug-likeness (QED) is 0.672. The van der Waals surface area contributed by atoms with Crippen LogP contribution < -0.4 is 0 Å². The van der Waals surface area contributed by atoms with E-state index >= 15 is 0 Å². The average molecular weight is 291 g/mol. The lowest BCUT2D eigenvalue weighted by Gasteiger charge is -2.25. The average Bonchev–Trinajstić information content (AvgIpc) is 2.46. The number of aryl methyl sites for hydroxylation is 2. The monoisotopic (exact) mass is 291 g/mol. The molecule has 0 aliphatic rings. The third kappa shape index (κ3) is 6.89. The molecule has 0 unspecified atom stereocenters. The van der Waals surface area contributed by atoms with Crippen LogP contribution in [0.1, 0.15) is 29.5 Å². The zero-order chi connectivity index (χ0) is 15.7. The van der Waals surface area contributed by atoms with E-state index in [0.29, 0.717) is 13.2 Å². The summed E-state index contributed by atoms with van der Waals surface area (Å²) in [6, 6.07) is 6.52. The number of hydrogen-bond donors (Lipinski definition) is 1. The first-order valence-electron chi connectivity index (χ1n) is 7.63. The summed E-state index contributed by atoms with van der Waals surface area (Å²) in [7, 11) is 1.71. The molecule has 0 fully saturated rings. The molecule has 3 nitrogen and oxygen atoms in total. The van der Waals surface area contributed by atoms with Gasteiger partial charge in [0.2, 0.25) is 0 Å². The maximum absolute atomic E-state index is 10.1. The summed E-state index contributed by atoms with van der Waals surface area (Å²) in [5.41, 5.74) is 3.89. The molecule has 0 saturated carbocycles. The third-order valence-corrected chi connectivity index (χ3v) is 3.68. The van der Waals surface area contributed by atoms with Gasteiger partial charge in [0.25, 0.3) is 0 Å². The topological polar surface area (TPSA) is 32.7 Å². The lowest BCUT2D eigenvalue weighted by atomic mass is 10.0. The molecule has 1 rings (SSSR count). The van der Waals surface area contributed by atoms with Gasteiger partial charge >= 0.3 is 0 Å². The van der Waals surface area contributed by atoms with E-state index in [1.165, 1.54) is 16.7 Å². The number of methoxy groups -OCH3 is 1. The van der Waals surface area contributed by atoms with Gasteiger partial charge < -0.3 is 9.84 Å². The van der Waals surface area contributed by atoms with Gasteiger partial charge in [0.15, 0.2) is 0 Å². The summed E-state index contributed by atoms with van der Waals surface area (Å²) in [5, 5.41) is 10.1. The molecule has 1 atom stereocenters. The van der Waals surface area contributed by atoms with Gasteiger partial charge in [-0.05, 0) is 37.8 Å². The highest BCUT2D eigenvalue weighted by atomic mass is 16.5. The zero-order valence-corrected chi connectivity index (χ0v) is 13.6. The molecule has 1 aromatic carbocycles. The van der Waals surface area contributed by atoms with Crippen LogP contribution in [-0.4, -0.2) is 42.9 Å². The van der Waals surface area contributed by atoms with Crippen molar-refractivity contribution < 1.29 is 9.84 Å². The van der Waals surface area contributed by atoms with E-state index < -0.39 is 0 Å². The van der Waals surface area contributed by atoms with Gasteiger partial charge in [-0.1, -0.05) is 29.8 Å². The van der Waals surface area contributed by atoms with Crippen LogP contribution in [0.5, 0.6) is 0 Å². The van der Waals surface area contributed by atoms with E-state index in [4.69, 9.17) is 4.74 Å². The van der Waals surface area contributed by atoms with Crippen LogP contribution in [0.4, 0.5) is 0 Å². The first-order valence-corrected chi connectivity index (χ1v) is 7.63. The number of benzene rings is 1. The first kappa shape index (κ1) is 17.9. The van der Waals surface area contributed by atoms with Crippen molar-refractivity contribution in [2.75, 3.05) is 26.8 Å². The molecule has 3 heteroatoms. The Morgan fingerprint density at radius 1 is 1.38 bits per heavy atom. The number of allylic oxidation sites excluding steroid dienone is 1. The van der Waals surface area contributed by atoms with Crippen LogP contribution in [0.15, 0.2) is 30.9 Å². The summed E-state index contributed by atoms with van der Waals surface area (Å²) in [6.07, 6.45) is 3.15. The highest BCUT2D eigenvalue weighted by Gasteiger charge is 2.13. The maximum atomic E-state index is 10.1. The lowest BCUT2D eigenvalue weighted by Crippen LogP contribution is -2.34. The van der Waals surface area contributed by atoms with Crippen molar-refractivity contribution in [1.29, 1.82) is 0 Å². The van der Waals surface area contributed by atoms with Crippen molar-refractivity contribution in [2.24, 2.45) is 0 Å². The first-order chi connectivity index (χ1) is 10.1. The van der Waals surface area contributed by atoms with Crippen LogP contribution in [-0.2, 0) is 11.3 Å². The van der Waals surface area contributed by atoms with Crippen LogP contribution in [0.25, 0.3) is 0 Å². The number of rotatable bonds is 10. The van der Waals surface area contributed by atoms with Crippen LogP contribution in [0.3, 0.4) is 0 Å². The minimum atomic E-state index is -0.315. The molecule has 0 aliphatic carbocycles. The Kier molecular flexibility index (Phi) is 8.28. The lowest BCUT2D eigenvalue weighted by molar-refractivity contribution is 0.0808. The molecule has 21 heavy (non-hydrogen) atoms. The SMILES string of the molecule is C=CCC[C@H](O)CN(CCOC)Cc1cc(C)ccc1C. The summed E-state index contributed by atoms with van der Waals surface area (Å²) >= 11 is 0. The van der Waals surface area contributed by atoms with Crippen LogP contribution in [0, 0.1) is 13.8 Å². The molecule has 0 radical (unpaired) electrons. The van der Waals surface area contributed by atoms with E-state index in [1.54, 1.807) is 7.11 Å². The Hall–Kier alpha value is -1.16. The largest absolute Gasteiger partial charge is 0.392 e. The number of aliphatic hydroxyl groups excluding tert-OH is 1. The van der Waals surface area contributed by atoms with Gasteiger partial charge in [-0.3, -0.25) is 4.90 Å². The van der Waals surface area contributed by atoms with Gasteiger partial charge in [-0.2, -0.15) is 0 Å². The standard InChI is InChI=1S/C18H29NO2/c1-5-6-7-18(20)14-19(10-11-21-4)13-17-12-15(2)8-9-16(17)3/h5,8-9,12,18,20H,1,6-7,10-11,13-14H2,2-4H3/t18-/m0/s1. The van der Waals surface area contributed by atoms with Gasteiger partial charge in [0.05, 0.1) is 12.7 Å². The zero-order valence-electron chi connectivity index (χ0n) is 13.6. The van der Waals surface area contributed by atoms with Crippen molar-refractivity contribution >= 4 is 0 Å². The Morgan fingerprint density at radius 3 is 2.81 bits per heavy atom. The van der Waals surface area contributed by atoms with Gasteiger partial charge in [-0.15, -0.1) is 6.58 Å². The summed E-state index contributed by atoms with van der Waals surface area (Å²) < 4.78 is 5.19. The molecule has 1 N–H and O–H groups in total. The van der Waals surface area contributed by atoms with Crippen LogP contribution >= 0.6 is 0 Å². The minimum absolute atomic E-state index is 0.315. The van der Waals surface area contributed by atoms with Crippen molar-refractivity contribution in [2.45, 2.75) is 39.3 Å². The fraction of sp³-hybridized carbons (Fsp3) is 0.556. The normalized spacial score (nSPS) is 12.6. The second-order valence-electron chi connectivity index (χ2n) is 5.68. The number of nitrogens with zero attached hydrogens (tertiary/aromatic N) is 1. The highest BCUT2D eigenvalue weighted by Crippen LogP contribution is 2.14. The predicted octanol–water partition coefficient (Wildman–Crippen LogP) is 3.08. The van der Waals surface area contributed by atoms with Gasteiger partial charge in [0, 0.05) is 26.7 Å². The molecule has 0 spiro atoms. The number of aliphatic hydroxyl groups is 1. The molecule has 0 aliphatic heterocycles. The molecule has 0 aromatic heterocycles. The van der Waals surface area contributed by atoms with Crippen LogP contribution in [0.2, 0.25) is 0 Å². The van der Waals surface area contributed by atoms with E-state index in [0.717, 1.165) is 25.9 Å². The number of ether oxygens (including phenoxy) is 1. The molecule has 1 aromatic rings. The molecular weight excluding hydrogens is 262 g/mol. The van der Waals surface area contributed by atoms with Crippen molar-refractivity contribution in [3.8, 4) is 0 Å². The summed E-state index contributed by atoms with van der Waals surface area (Å²) in [4.78, 5) is 2.26. The molecule has 118 valence electrons. The molecule has 0 saturated heterocycles. The molecule has 0 bridgehead atoms. The Morgan fingerprint density at radius 2 is 2.14 bits per heavy atom. The van der Waals surface area contributed by atoms with E-state index in [9.17, 15) is 5.11 Å². The summed E-state index contributed by atoms with van der Waals surface area (Å²) in [5.74, 6) is 0. The smallest absolute Gasteiger partial charge is 0.0670 e. The van der Waals surface area contributed by atoms with E-state index in [1.807, 2.05) is 6.08 Å². The second kappa shape index (κ2) is 9.72. The van der Waals surface area contributed by atoms with Gasteiger partial charge in [0.1, 0.15) is 0 Å². The third-order valence-electron chi connectivity index (χ3n) is 3.68. The van der Waals surface area contributed by atoms with Crippen molar-refractivity contribution in [1.82, 2.24) is 4.90 Å². The molecule has 0 heterocycles. The van der Waals surface area contributed by atoms with E-state index in [-0.39, 0.29) is 6.10 Å². The Balaban J connectivity index is 2.67. The molecular formula is C18H29NO2. The van der Waals surface area contributed by atoms with E-state index in [2.05, 4.69) is 43.5 Å². The molecule has 0 amide bonds. The number of hydrogen-bond acceptors (Lipinski definition) is 3. The fourth-order valence-electron chi connectivity index (χ4n) is 2.37. The Labute approximate surface area is 129 Å². The van der Waals surface area contributed by atoms with Crippen molar-refractivity contribution in [3.63, 3.8) is 0 Å². The summed E-state index contributed by atoms with van der Waals surface area (Å²) in [6.45, 7) is 11.0. The second-order valence-corrected chi connectivity index (χ2v) is 5.68. The maximum Gasteiger partial charge on any atom is 0.0670 e. The Bertz CT molecular complexity index is 431. The fourth-order valence-corrected chi connectivity index (χ4v) is 2.37. The van der Waals surface area contributed by atoms with Crippen molar-refractivity contribution in [3.05, 3.63) is 47.5 Å². The van der Waals surface area contributed by atoms with Gasteiger partial charge in [-0.25, -0.2) is 0 Å². The highest BCUT2D eigenvalue weighted by molar-refractivity contribution is 5.30. The predicted molar refractivity (Wildman–Crippen MR) is 88.5 cm³/mol.